The fourth-order valence-corrected chi connectivity index (χ4v) is 8.99. The molecule has 0 amide bonds. The highest BCUT2D eigenvalue weighted by molar-refractivity contribution is 5.28. The van der Waals surface area contributed by atoms with Gasteiger partial charge in [-0.2, -0.15) is 0 Å². The van der Waals surface area contributed by atoms with E-state index < -0.39 is 0 Å². The Balaban J connectivity index is 1.42. The van der Waals surface area contributed by atoms with Gasteiger partial charge >= 0.3 is 0 Å². The van der Waals surface area contributed by atoms with Crippen molar-refractivity contribution in [3.05, 3.63) is 11.6 Å². The number of nitrogens with one attached hydrogen (secondary N) is 1. The van der Waals surface area contributed by atoms with Gasteiger partial charge in [-0.25, -0.2) is 0 Å². The largest absolute Gasteiger partial charge is 0.393 e. The molecule has 0 aromatic rings. The molecule has 4 fully saturated rings. The molecule has 2 nitrogen and oxygen atoms in total. The molecule has 3 saturated carbocycles. The summed E-state index contributed by atoms with van der Waals surface area (Å²) in [5.41, 5.74) is 2.84. The van der Waals surface area contributed by atoms with Crippen molar-refractivity contribution < 1.29 is 5.11 Å². The number of allylic oxidation sites excluding steroid dienone is 2. The molecule has 0 aromatic carbocycles. The van der Waals surface area contributed by atoms with E-state index in [1.165, 1.54) is 58.0 Å². The molecule has 1 saturated heterocycles. The zero-order chi connectivity index (χ0) is 18.8. The highest BCUT2D eigenvalue weighted by atomic mass is 16.3. The standard InChI is InChI=1S/C25H41NO/c1-16-14-18-15-19(27)6-10-24(18,2)22-7-11-25(3)20(4-5-21(25)23(16)22)17-8-12-26-13-9-17/h4,16-19,21-23,26-27H,5-15H2,1-3H3/t16-,18?,19+,21-,22-,23-,24-,25+/m0/s1. The van der Waals surface area contributed by atoms with Crippen LogP contribution in [-0.4, -0.2) is 24.3 Å². The van der Waals surface area contributed by atoms with Gasteiger partial charge in [0.15, 0.2) is 0 Å². The molecular formula is C25H41NO. The first-order valence-electron chi connectivity index (χ1n) is 12.0. The molecular weight excluding hydrogens is 330 g/mol. The summed E-state index contributed by atoms with van der Waals surface area (Å²) in [6.07, 6.45) is 14.4. The summed E-state index contributed by atoms with van der Waals surface area (Å²) in [4.78, 5) is 0. The molecule has 27 heavy (non-hydrogen) atoms. The molecule has 4 aliphatic carbocycles. The van der Waals surface area contributed by atoms with Gasteiger partial charge in [0.05, 0.1) is 6.10 Å². The number of aliphatic hydroxyl groups is 1. The van der Waals surface area contributed by atoms with E-state index in [-0.39, 0.29) is 6.10 Å². The molecule has 0 bridgehead atoms. The van der Waals surface area contributed by atoms with Gasteiger partial charge in [0.25, 0.3) is 0 Å². The Kier molecular flexibility index (Phi) is 4.56. The second kappa shape index (κ2) is 6.59. The van der Waals surface area contributed by atoms with Crippen LogP contribution in [0, 0.1) is 46.3 Å². The van der Waals surface area contributed by atoms with Crippen molar-refractivity contribution >= 4 is 0 Å². The van der Waals surface area contributed by atoms with Crippen molar-refractivity contribution in [2.24, 2.45) is 46.3 Å². The SMILES string of the molecule is C[C@H]1CC2C[C@H](O)CC[C@]2(C)[C@H]2CC[C@]3(C)C(C4CCNCC4)=CC[C@H]3[C@H]12. The maximum absolute atomic E-state index is 10.3. The van der Waals surface area contributed by atoms with Crippen LogP contribution in [0.2, 0.25) is 0 Å². The lowest BCUT2D eigenvalue weighted by atomic mass is 9.42. The Morgan fingerprint density at radius 1 is 1.00 bits per heavy atom. The van der Waals surface area contributed by atoms with Gasteiger partial charge in [-0.3, -0.25) is 0 Å². The van der Waals surface area contributed by atoms with Crippen molar-refractivity contribution in [3.63, 3.8) is 0 Å². The first-order valence-corrected chi connectivity index (χ1v) is 12.0. The lowest BCUT2D eigenvalue weighted by molar-refractivity contribution is -0.140. The van der Waals surface area contributed by atoms with Gasteiger partial charge in [0, 0.05) is 0 Å². The van der Waals surface area contributed by atoms with Crippen LogP contribution < -0.4 is 5.32 Å². The third-order valence-electron chi connectivity index (χ3n) is 10.4. The fraction of sp³-hybridized carbons (Fsp3) is 0.920. The number of hydrogen-bond acceptors (Lipinski definition) is 2. The van der Waals surface area contributed by atoms with Gasteiger partial charge in [-0.15, -0.1) is 0 Å². The molecule has 5 aliphatic rings. The van der Waals surface area contributed by atoms with Gasteiger partial charge < -0.3 is 10.4 Å². The Morgan fingerprint density at radius 3 is 2.56 bits per heavy atom. The second-order valence-corrected chi connectivity index (χ2v) is 11.5. The monoisotopic (exact) mass is 371 g/mol. The first kappa shape index (κ1) is 18.7. The number of piperidine rings is 1. The van der Waals surface area contributed by atoms with Crippen LogP contribution >= 0.6 is 0 Å². The number of fused-ring (bicyclic) bond motifs is 5. The van der Waals surface area contributed by atoms with E-state index in [4.69, 9.17) is 0 Å². The van der Waals surface area contributed by atoms with Crippen LogP contribution in [0.3, 0.4) is 0 Å². The Bertz CT molecular complexity index is 607. The normalized spacial score (nSPS) is 53.3. The number of aliphatic hydroxyl groups excluding tert-OH is 1. The van der Waals surface area contributed by atoms with Crippen molar-refractivity contribution in [3.8, 4) is 0 Å². The molecule has 1 heterocycles. The molecule has 0 aromatic heterocycles. The van der Waals surface area contributed by atoms with Crippen LogP contribution in [0.5, 0.6) is 0 Å². The molecule has 1 aliphatic heterocycles. The zero-order valence-corrected chi connectivity index (χ0v) is 17.8. The summed E-state index contributed by atoms with van der Waals surface area (Å²) >= 11 is 0. The van der Waals surface area contributed by atoms with E-state index in [2.05, 4.69) is 32.2 Å². The third kappa shape index (κ3) is 2.72. The molecule has 5 rings (SSSR count). The van der Waals surface area contributed by atoms with Crippen molar-refractivity contribution in [2.45, 2.75) is 84.7 Å². The van der Waals surface area contributed by atoms with Crippen LogP contribution in [0.25, 0.3) is 0 Å². The smallest absolute Gasteiger partial charge is 0.0543 e. The maximum Gasteiger partial charge on any atom is 0.0543 e. The Labute approximate surface area is 166 Å². The van der Waals surface area contributed by atoms with E-state index >= 15 is 0 Å². The molecule has 1 unspecified atom stereocenters. The molecule has 2 heteroatoms. The predicted octanol–water partition coefficient (Wildman–Crippen LogP) is 5.17. The maximum atomic E-state index is 10.3. The lowest BCUT2D eigenvalue weighted by Crippen LogP contribution is -2.56. The summed E-state index contributed by atoms with van der Waals surface area (Å²) in [5.74, 6) is 5.16. The predicted molar refractivity (Wildman–Crippen MR) is 111 cm³/mol. The highest BCUT2D eigenvalue weighted by Crippen LogP contribution is 2.68. The van der Waals surface area contributed by atoms with Gasteiger partial charge in [-0.05, 0) is 117 Å². The van der Waals surface area contributed by atoms with Gasteiger partial charge in [0.1, 0.15) is 0 Å². The van der Waals surface area contributed by atoms with Crippen LogP contribution in [0.15, 0.2) is 11.6 Å². The van der Waals surface area contributed by atoms with Crippen LogP contribution in [0.4, 0.5) is 0 Å². The van der Waals surface area contributed by atoms with Crippen molar-refractivity contribution in [2.75, 3.05) is 13.1 Å². The van der Waals surface area contributed by atoms with Crippen LogP contribution in [-0.2, 0) is 0 Å². The Hall–Kier alpha value is -0.340. The number of rotatable bonds is 1. The molecule has 8 atom stereocenters. The van der Waals surface area contributed by atoms with E-state index in [0.717, 1.165) is 48.3 Å². The highest BCUT2D eigenvalue weighted by Gasteiger charge is 2.60. The molecule has 152 valence electrons. The van der Waals surface area contributed by atoms with Crippen molar-refractivity contribution in [1.29, 1.82) is 0 Å². The minimum atomic E-state index is -0.0275. The second-order valence-electron chi connectivity index (χ2n) is 11.5. The number of hydrogen-bond donors (Lipinski definition) is 2. The molecule has 0 radical (unpaired) electrons. The van der Waals surface area contributed by atoms with E-state index in [0.29, 0.717) is 10.8 Å². The van der Waals surface area contributed by atoms with E-state index in [9.17, 15) is 5.11 Å². The third-order valence-corrected chi connectivity index (χ3v) is 10.4. The lowest BCUT2D eigenvalue weighted by Gasteiger charge is -2.63. The minimum absolute atomic E-state index is 0.0275. The quantitative estimate of drug-likeness (QED) is 0.623. The summed E-state index contributed by atoms with van der Waals surface area (Å²) in [7, 11) is 0. The van der Waals surface area contributed by atoms with Gasteiger partial charge in [0.2, 0.25) is 0 Å². The zero-order valence-electron chi connectivity index (χ0n) is 17.8. The van der Waals surface area contributed by atoms with E-state index in [1.807, 2.05) is 5.57 Å². The summed E-state index contributed by atoms with van der Waals surface area (Å²) in [6, 6.07) is 0. The fourth-order valence-electron chi connectivity index (χ4n) is 8.99. The Morgan fingerprint density at radius 2 is 1.78 bits per heavy atom. The van der Waals surface area contributed by atoms with Gasteiger partial charge in [-0.1, -0.05) is 32.4 Å². The topological polar surface area (TPSA) is 32.3 Å². The average molecular weight is 372 g/mol. The molecule has 0 spiro atoms. The molecule has 2 N–H and O–H groups in total. The van der Waals surface area contributed by atoms with E-state index in [1.54, 1.807) is 0 Å². The summed E-state index contributed by atoms with van der Waals surface area (Å²) in [5, 5.41) is 13.9. The minimum Gasteiger partial charge on any atom is -0.393 e. The first-order chi connectivity index (χ1) is 12.9. The summed E-state index contributed by atoms with van der Waals surface area (Å²) in [6.45, 7) is 10.3. The summed E-state index contributed by atoms with van der Waals surface area (Å²) < 4.78 is 0. The van der Waals surface area contributed by atoms with Crippen molar-refractivity contribution in [1.82, 2.24) is 5.32 Å². The van der Waals surface area contributed by atoms with Crippen LogP contribution in [0.1, 0.15) is 78.6 Å². The average Bonchev–Trinajstić information content (AvgIpc) is 3.01.